The molecule has 9 heteroatoms. The molecule has 0 saturated heterocycles. The van der Waals surface area contributed by atoms with Crippen LogP contribution in [0.15, 0.2) is 77.6 Å². The molecule has 1 unspecified atom stereocenters. The van der Waals surface area contributed by atoms with Crippen LogP contribution in [0.5, 0.6) is 11.5 Å². The lowest BCUT2D eigenvalue weighted by molar-refractivity contribution is 0.176. The number of ether oxygens (including phenoxy) is 1. The molecule has 2 atom stereocenters. The Labute approximate surface area is 257 Å². The molecule has 234 valence electrons. The van der Waals surface area contributed by atoms with Crippen LogP contribution in [0.2, 0.25) is 0 Å². The van der Waals surface area contributed by atoms with E-state index >= 15 is 0 Å². The average molecular weight is 602 g/mol. The summed E-state index contributed by atoms with van der Waals surface area (Å²) in [7, 11) is 0. The van der Waals surface area contributed by atoms with E-state index in [1.807, 2.05) is 55.5 Å². The van der Waals surface area contributed by atoms with E-state index in [1.165, 1.54) is 12.1 Å². The first-order valence-electron chi connectivity index (χ1n) is 15.3. The fraction of sp³-hybridized carbons (Fsp3) is 0.371. The molecule has 4 rings (SSSR count). The van der Waals surface area contributed by atoms with Gasteiger partial charge in [-0.2, -0.15) is 0 Å². The van der Waals surface area contributed by atoms with Crippen molar-refractivity contribution in [3.05, 3.63) is 105 Å². The molecule has 0 radical (unpaired) electrons. The number of nitrogens with one attached hydrogen (secondary N) is 3. The highest BCUT2D eigenvalue weighted by Crippen LogP contribution is 2.29. The van der Waals surface area contributed by atoms with Gasteiger partial charge in [-0.1, -0.05) is 80.1 Å². The Bertz CT molecular complexity index is 1570. The summed E-state index contributed by atoms with van der Waals surface area (Å²) >= 11 is 0. The Kier molecular flexibility index (Phi) is 12.2. The number of aromatic amines is 1. The van der Waals surface area contributed by atoms with Crippen molar-refractivity contribution in [2.24, 2.45) is 0 Å². The number of aromatic nitrogens is 1. The van der Waals surface area contributed by atoms with E-state index in [2.05, 4.69) is 15.6 Å². The minimum atomic E-state index is -1.07. The number of benzene rings is 3. The van der Waals surface area contributed by atoms with E-state index in [1.54, 1.807) is 12.1 Å². The van der Waals surface area contributed by atoms with Crippen molar-refractivity contribution < 1.29 is 24.9 Å². The summed E-state index contributed by atoms with van der Waals surface area (Å²) in [6.07, 6.45) is 5.82. The number of aromatic hydroxyl groups is 1. The molecule has 0 spiro atoms. The Morgan fingerprint density at radius 2 is 1.59 bits per heavy atom. The number of hydrogen-bond acceptors (Lipinski definition) is 6. The third kappa shape index (κ3) is 9.59. The summed E-state index contributed by atoms with van der Waals surface area (Å²) in [5.41, 5.74) is 3.51. The van der Waals surface area contributed by atoms with Gasteiger partial charge in [-0.3, -0.25) is 4.79 Å². The van der Waals surface area contributed by atoms with E-state index in [0.717, 1.165) is 73.9 Å². The van der Waals surface area contributed by atoms with Gasteiger partial charge in [-0.25, -0.2) is 4.79 Å². The second-order valence-electron chi connectivity index (χ2n) is 11.2. The molecule has 0 saturated carbocycles. The van der Waals surface area contributed by atoms with E-state index in [4.69, 9.17) is 4.74 Å². The SMILES string of the molecule is Cc1cccc(C(NC(=O)O)c2cccc(OCCCCCCCCCNC[C@H](O)c3ccc(O)c4[nH]c(=O)ccc34)c2)c1. The summed E-state index contributed by atoms with van der Waals surface area (Å²) in [5, 5.41) is 36.6. The van der Waals surface area contributed by atoms with E-state index in [9.17, 15) is 24.9 Å². The standard InChI is InChI=1S/C35H43N3O6/c1-24-11-9-12-25(21-24)33(38-35(42)43)26-13-10-14-27(22-26)44-20-8-6-4-2-3-5-7-19-36-23-31(40)28-15-17-30(39)34-29(28)16-18-32(41)37-34/h9-18,21-22,31,33,36,38-40H,2-8,19-20,23H2,1H3,(H,37,41)(H,42,43)/t31-,33?/m0/s1. The number of aryl methyl sites for hydroxylation is 1. The van der Waals surface area contributed by atoms with Crippen molar-refractivity contribution in [2.75, 3.05) is 19.7 Å². The van der Waals surface area contributed by atoms with E-state index in [0.29, 0.717) is 29.6 Å². The lowest BCUT2D eigenvalue weighted by Gasteiger charge is -2.19. The van der Waals surface area contributed by atoms with Gasteiger partial charge in [-0.05, 0) is 67.3 Å². The number of hydrogen-bond donors (Lipinski definition) is 6. The van der Waals surface area contributed by atoms with Crippen LogP contribution >= 0.6 is 0 Å². The second kappa shape index (κ2) is 16.5. The molecule has 1 heterocycles. The maximum atomic E-state index is 11.6. The third-order valence-electron chi connectivity index (χ3n) is 7.70. The van der Waals surface area contributed by atoms with Crippen molar-refractivity contribution in [1.29, 1.82) is 0 Å². The first-order chi connectivity index (χ1) is 21.3. The van der Waals surface area contributed by atoms with Gasteiger partial charge >= 0.3 is 6.09 Å². The highest BCUT2D eigenvalue weighted by Gasteiger charge is 2.17. The minimum Gasteiger partial charge on any atom is -0.506 e. The highest BCUT2D eigenvalue weighted by molar-refractivity contribution is 5.87. The number of aliphatic hydroxyl groups excluding tert-OH is 1. The zero-order chi connectivity index (χ0) is 31.3. The fourth-order valence-corrected chi connectivity index (χ4v) is 5.44. The molecule has 1 aromatic heterocycles. The van der Waals surface area contributed by atoms with Crippen molar-refractivity contribution in [3.8, 4) is 11.5 Å². The number of rotatable bonds is 17. The lowest BCUT2D eigenvalue weighted by Crippen LogP contribution is -2.27. The summed E-state index contributed by atoms with van der Waals surface area (Å²) < 4.78 is 5.99. The van der Waals surface area contributed by atoms with Crippen LogP contribution in [0.3, 0.4) is 0 Å². The largest absolute Gasteiger partial charge is 0.506 e. The van der Waals surface area contributed by atoms with Crippen LogP contribution in [0.25, 0.3) is 10.9 Å². The van der Waals surface area contributed by atoms with Gasteiger partial charge in [0.1, 0.15) is 11.5 Å². The van der Waals surface area contributed by atoms with Crippen LogP contribution in [0.4, 0.5) is 4.79 Å². The first-order valence-corrected chi connectivity index (χ1v) is 15.3. The molecule has 4 aromatic rings. The molecule has 0 fully saturated rings. The van der Waals surface area contributed by atoms with Crippen molar-refractivity contribution in [3.63, 3.8) is 0 Å². The predicted molar refractivity (Wildman–Crippen MR) is 173 cm³/mol. The van der Waals surface area contributed by atoms with Gasteiger partial charge in [-0.15, -0.1) is 0 Å². The van der Waals surface area contributed by atoms with Gasteiger partial charge in [0.25, 0.3) is 0 Å². The number of aliphatic hydroxyl groups is 1. The monoisotopic (exact) mass is 601 g/mol. The van der Waals surface area contributed by atoms with Gasteiger partial charge in [0, 0.05) is 18.0 Å². The van der Waals surface area contributed by atoms with Gasteiger partial charge in [0.2, 0.25) is 5.56 Å². The van der Waals surface area contributed by atoms with Gasteiger partial charge in [0.05, 0.1) is 24.3 Å². The molecule has 6 N–H and O–H groups in total. The molecule has 44 heavy (non-hydrogen) atoms. The summed E-state index contributed by atoms with van der Waals surface area (Å²) in [6.45, 7) is 3.80. The van der Waals surface area contributed by atoms with E-state index < -0.39 is 18.2 Å². The van der Waals surface area contributed by atoms with Crippen LogP contribution < -0.4 is 20.9 Å². The van der Waals surface area contributed by atoms with Crippen molar-refractivity contribution in [2.45, 2.75) is 64.0 Å². The number of H-pyrrole nitrogens is 1. The molecule has 0 aliphatic heterocycles. The molecule has 0 bridgehead atoms. The lowest BCUT2D eigenvalue weighted by atomic mass is 9.97. The van der Waals surface area contributed by atoms with Crippen molar-refractivity contribution in [1.82, 2.24) is 15.6 Å². The number of pyridine rings is 1. The first kappa shape index (κ1) is 32.6. The number of carbonyl (C=O) groups is 1. The van der Waals surface area contributed by atoms with Crippen LogP contribution in [-0.2, 0) is 0 Å². The topological polar surface area (TPSA) is 144 Å². The zero-order valence-electron chi connectivity index (χ0n) is 25.2. The number of unbranched alkanes of at least 4 members (excludes halogenated alkanes) is 6. The maximum Gasteiger partial charge on any atom is 0.405 e. The molecule has 0 aliphatic carbocycles. The van der Waals surface area contributed by atoms with Crippen LogP contribution in [0, 0.1) is 6.92 Å². The summed E-state index contributed by atoms with van der Waals surface area (Å²) in [4.78, 5) is 25.7. The molecule has 3 aromatic carbocycles. The normalized spacial score (nSPS) is 12.6. The number of phenolic OH excluding ortho intramolecular Hbond substituents is 1. The Morgan fingerprint density at radius 1 is 0.886 bits per heavy atom. The number of amides is 1. The van der Waals surface area contributed by atoms with Crippen molar-refractivity contribution >= 4 is 17.0 Å². The van der Waals surface area contributed by atoms with Crippen LogP contribution in [0.1, 0.15) is 79.3 Å². The average Bonchev–Trinajstić information content (AvgIpc) is 3.00. The predicted octanol–water partition coefficient (Wildman–Crippen LogP) is 6.33. The highest BCUT2D eigenvalue weighted by atomic mass is 16.5. The smallest absolute Gasteiger partial charge is 0.405 e. The quantitative estimate of drug-likeness (QED) is 0.0776. The van der Waals surface area contributed by atoms with Crippen LogP contribution in [-0.4, -0.2) is 46.1 Å². The number of fused-ring (bicyclic) bond motifs is 1. The molecule has 1 amide bonds. The minimum absolute atomic E-state index is 0.0149. The molecule has 0 aliphatic rings. The molecular weight excluding hydrogens is 558 g/mol. The Hall–Kier alpha value is -4.34. The van der Waals surface area contributed by atoms with Gasteiger partial charge < -0.3 is 35.7 Å². The Balaban J connectivity index is 1.08. The summed E-state index contributed by atoms with van der Waals surface area (Å²) in [6, 6.07) is 21.2. The zero-order valence-corrected chi connectivity index (χ0v) is 25.2. The number of phenols is 1. The molecular formula is C35H43N3O6. The third-order valence-corrected chi connectivity index (χ3v) is 7.70. The van der Waals surface area contributed by atoms with E-state index in [-0.39, 0.29) is 11.3 Å². The summed E-state index contributed by atoms with van der Waals surface area (Å²) in [5.74, 6) is 0.720. The van der Waals surface area contributed by atoms with Gasteiger partial charge in [0.15, 0.2) is 0 Å². The maximum absolute atomic E-state index is 11.6. The Morgan fingerprint density at radius 3 is 2.34 bits per heavy atom. The number of carboxylic acid groups (broad SMARTS) is 1. The molecule has 9 nitrogen and oxygen atoms in total. The second-order valence-corrected chi connectivity index (χ2v) is 11.2. The fourth-order valence-electron chi connectivity index (χ4n) is 5.44.